The fraction of sp³-hybridized carbons (Fsp3) is 0.500. The fourth-order valence-corrected chi connectivity index (χ4v) is 1.74. The van der Waals surface area contributed by atoms with Crippen LogP contribution in [0.2, 0.25) is 0 Å². The van der Waals surface area contributed by atoms with Gasteiger partial charge in [0.25, 0.3) is 5.91 Å². The third kappa shape index (κ3) is 5.07. The Bertz CT molecular complexity index is 437. The van der Waals surface area contributed by atoms with Crippen molar-refractivity contribution < 1.29 is 9.53 Å². The number of rotatable bonds is 8. The first-order valence-corrected chi connectivity index (χ1v) is 6.61. The molecule has 1 amide bonds. The maximum Gasteiger partial charge on any atom is 0.251 e. The number of carbonyl (C=O) groups excluding carboxylic acids is 1. The molecule has 0 heterocycles. The Balaban J connectivity index is 2.52. The average Bonchev–Trinajstić information content (AvgIpc) is 2.46. The summed E-state index contributed by atoms with van der Waals surface area (Å²) in [7, 11) is 5.33. The molecule has 0 saturated carbocycles. The molecule has 20 heavy (non-hydrogen) atoms. The molecule has 0 radical (unpaired) electrons. The van der Waals surface area contributed by atoms with E-state index in [1.807, 2.05) is 7.05 Å². The van der Waals surface area contributed by atoms with Gasteiger partial charge in [-0.2, -0.15) is 0 Å². The highest BCUT2D eigenvalue weighted by Gasteiger charge is 2.06. The van der Waals surface area contributed by atoms with Crippen molar-refractivity contribution in [2.24, 2.45) is 0 Å². The van der Waals surface area contributed by atoms with Crippen molar-refractivity contribution in [3.63, 3.8) is 0 Å². The Morgan fingerprint density at radius 1 is 1.40 bits per heavy atom. The van der Waals surface area contributed by atoms with Crippen LogP contribution in [-0.2, 0) is 4.74 Å². The minimum atomic E-state index is -0.120. The van der Waals surface area contributed by atoms with E-state index >= 15 is 0 Å². The van der Waals surface area contributed by atoms with Crippen LogP contribution in [0.25, 0.3) is 0 Å². The zero-order chi connectivity index (χ0) is 15.0. The Morgan fingerprint density at radius 3 is 2.80 bits per heavy atom. The van der Waals surface area contributed by atoms with Gasteiger partial charge in [0.15, 0.2) is 0 Å². The molecule has 0 unspecified atom stereocenters. The van der Waals surface area contributed by atoms with Gasteiger partial charge in [0.1, 0.15) is 0 Å². The van der Waals surface area contributed by atoms with Crippen LogP contribution in [0.15, 0.2) is 18.2 Å². The first-order valence-electron chi connectivity index (χ1n) is 6.61. The van der Waals surface area contributed by atoms with E-state index < -0.39 is 0 Å². The lowest BCUT2D eigenvalue weighted by Gasteiger charge is -2.17. The van der Waals surface area contributed by atoms with Crippen molar-refractivity contribution in [1.82, 2.24) is 10.2 Å². The number of anilines is 2. The number of methoxy groups -OCH3 is 1. The van der Waals surface area contributed by atoms with Gasteiger partial charge in [-0.1, -0.05) is 0 Å². The summed E-state index contributed by atoms with van der Waals surface area (Å²) >= 11 is 0. The van der Waals surface area contributed by atoms with Crippen LogP contribution in [-0.4, -0.2) is 58.3 Å². The molecule has 6 heteroatoms. The van der Waals surface area contributed by atoms with Crippen LogP contribution in [0.4, 0.5) is 11.4 Å². The Kier molecular flexibility index (Phi) is 6.83. The minimum absolute atomic E-state index is 0.120. The molecule has 6 nitrogen and oxygen atoms in total. The predicted octanol–water partition coefficient (Wildman–Crippen LogP) is 0.619. The van der Waals surface area contributed by atoms with Gasteiger partial charge in [0.2, 0.25) is 0 Å². The van der Waals surface area contributed by atoms with Gasteiger partial charge in [-0.25, -0.2) is 0 Å². The quantitative estimate of drug-likeness (QED) is 0.608. The van der Waals surface area contributed by atoms with Crippen LogP contribution in [0.1, 0.15) is 10.4 Å². The van der Waals surface area contributed by atoms with Crippen LogP contribution in [0, 0.1) is 0 Å². The highest BCUT2D eigenvalue weighted by molar-refractivity contribution is 5.96. The molecule has 0 aliphatic carbocycles. The third-order valence-corrected chi connectivity index (χ3v) is 3.03. The zero-order valence-corrected chi connectivity index (χ0v) is 12.4. The van der Waals surface area contributed by atoms with Crippen LogP contribution in [0.3, 0.4) is 0 Å². The number of amides is 1. The van der Waals surface area contributed by atoms with E-state index in [1.54, 1.807) is 32.4 Å². The van der Waals surface area contributed by atoms with Crippen LogP contribution < -0.4 is 16.4 Å². The Labute approximate surface area is 120 Å². The summed E-state index contributed by atoms with van der Waals surface area (Å²) in [4.78, 5) is 13.7. The molecule has 1 aromatic carbocycles. The van der Waals surface area contributed by atoms with E-state index in [9.17, 15) is 4.79 Å². The van der Waals surface area contributed by atoms with Gasteiger partial charge in [-0.3, -0.25) is 4.79 Å². The van der Waals surface area contributed by atoms with Crippen molar-refractivity contribution in [3.05, 3.63) is 23.8 Å². The van der Waals surface area contributed by atoms with E-state index in [0.29, 0.717) is 17.9 Å². The summed E-state index contributed by atoms with van der Waals surface area (Å²) in [5, 5.41) is 5.85. The minimum Gasteiger partial charge on any atom is -0.397 e. The molecule has 0 aliphatic rings. The number of likely N-dealkylation sites (N-methyl/N-ethyl adjacent to an activating group) is 1. The lowest BCUT2D eigenvalue weighted by Crippen LogP contribution is -2.28. The fourth-order valence-electron chi connectivity index (χ4n) is 1.74. The molecular weight excluding hydrogens is 256 g/mol. The second kappa shape index (κ2) is 8.39. The van der Waals surface area contributed by atoms with Gasteiger partial charge in [-0.15, -0.1) is 0 Å². The maximum atomic E-state index is 11.6. The monoisotopic (exact) mass is 280 g/mol. The number of carbonyl (C=O) groups is 1. The Hall–Kier alpha value is -1.79. The second-order valence-corrected chi connectivity index (χ2v) is 4.60. The van der Waals surface area contributed by atoms with Gasteiger partial charge in [0.05, 0.1) is 18.0 Å². The molecular formula is C14H24N4O2. The predicted molar refractivity (Wildman–Crippen MR) is 82.1 cm³/mol. The number of nitrogen functional groups attached to an aromatic ring is 1. The second-order valence-electron chi connectivity index (χ2n) is 4.60. The zero-order valence-electron chi connectivity index (χ0n) is 12.4. The smallest absolute Gasteiger partial charge is 0.251 e. The largest absolute Gasteiger partial charge is 0.397 e. The molecule has 1 rings (SSSR count). The van der Waals surface area contributed by atoms with Crippen LogP contribution in [0.5, 0.6) is 0 Å². The van der Waals surface area contributed by atoms with E-state index in [0.717, 1.165) is 25.3 Å². The van der Waals surface area contributed by atoms with Crippen LogP contribution >= 0.6 is 0 Å². The van der Waals surface area contributed by atoms with Crippen molar-refractivity contribution >= 4 is 17.3 Å². The summed E-state index contributed by atoms with van der Waals surface area (Å²) in [5.74, 6) is -0.120. The first-order chi connectivity index (χ1) is 9.58. The van der Waals surface area contributed by atoms with Crippen molar-refractivity contribution in [2.45, 2.75) is 0 Å². The molecule has 112 valence electrons. The molecule has 1 aromatic rings. The van der Waals surface area contributed by atoms with Crippen molar-refractivity contribution in [2.75, 3.05) is 58.5 Å². The SMILES string of the molecule is CNC(=O)c1ccc(N)c(NCCN(C)CCOC)c1. The van der Waals surface area contributed by atoms with Gasteiger partial charge >= 0.3 is 0 Å². The van der Waals surface area contributed by atoms with E-state index in [2.05, 4.69) is 15.5 Å². The first kappa shape index (κ1) is 16.3. The lowest BCUT2D eigenvalue weighted by atomic mass is 10.1. The maximum absolute atomic E-state index is 11.6. The molecule has 0 atom stereocenters. The topological polar surface area (TPSA) is 79.6 Å². The Morgan fingerprint density at radius 2 is 2.15 bits per heavy atom. The summed E-state index contributed by atoms with van der Waals surface area (Å²) in [6, 6.07) is 5.22. The molecule has 0 aliphatic heterocycles. The summed E-state index contributed by atoms with van der Waals surface area (Å²) in [5.41, 5.74) is 7.91. The normalized spacial score (nSPS) is 10.6. The number of nitrogens with one attached hydrogen (secondary N) is 2. The number of hydrogen-bond donors (Lipinski definition) is 3. The third-order valence-electron chi connectivity index (χ3n) is 3.03. The molecule has 4 N–H and O–H groups in total. The van der Waals surface area contributed by atoms with Gasteiger partial charge < -0.3 is 26.0 Å². The molecule has 0 saturated heterocycles. The number of nitrogens with two attached hydrogens (primary N) is 1. The highest BCUT2D eigenvalue weighted by Crippen LogP contribution is 2.19. The average molecular weight is 280 g/mol. The van der Waals surface area contributed by atoms with E-state index in [-0.39, 0.29) is 5.91 Å². The standard InChI is InChI=1S/C14H24N4O2/c1-16-14(19)11-4-5-12(15)13(10-11)17-6-7-18(2)8-9-20-3/h4-5,10,17H,6-9,15H2,1-3H3,(H,16,19). The molecule has 0 aromatic heterocycles. The lowest BCUT2D eigenvalue weighted by molar-refractivity contribution is 0.0963. The summed E-state index contributed by atoms with van der Waals surface area (Å²) < 4.78 is 5.02. The van der Waals surface area contributed by atoms with Crippen molar-refractivity contribution in [1.29, 1.82) is 0 Å². The number of ether oxygens (including phenoxy) is 1. The van der Waals surface area contributed by atoms with E-state index in [4.69, 9.17) is 10.5 Å². The van der Waals surface area contributed by atoms with Gasteiger partial charge in [-0.05, 0) is 25.2 Å². The molecule has 0 fully saturated rings. The van der Waals surface area contributed by atoms with E-state index in [1.165, 1.54) is 0 Å². The van der Waals surface area contributed by atoms with Gasteiger partial charge in [0, 0.05) is 39.4 Å². The highest BCUT2D eigenvalue weighted by atomic mass is 16.5. The summed E-state index contributed by atoms with van der Waals surface area (Å²) in [6.07, 6.45) is 0. The van der Waals surface area contributed by atoms with Crippen molar-refractivity contribution in [3.8, 4) is 0 Å². The number of nitrogens with zero attached hydrogens (tertiary/aromatic N) is 1. The number of benzene rings is 1. The number of hydrogen-bond acceptors (Lipinski definition) is 5. The summed E-state index contributed by atoms with van der Waals surface area (Å²) in [6.45, 7) is 3.21. The molecule has 0 spiro atoms. The molecule has 0 bridgehead atoms.